The molecule has 0 atom stereocenters. The lowest BCUT2D eigenvalue weighted by Gasteiger charge is -2.28. The molecule has 2 nitrogen and oxygen atoms in total. The van der Waals surface area contributed by atoms with E-state index in [0.29, 0.717) is 0 Å². The molecule has 1 aliphatic rings. The van der Waals surface area contributed by atoms with Crippen molar-refractivity contribution in [3.8, 4) is 33.4 Å². The molecule has 10 aromatic rings. The van der Waals surface area contributed by atoms with Gasteiger partial charge < -0.3 is 9.80 Å². The van der Waals surface area contributed by atoms with Crippen LogP contribution in [0, 0.1) is 0 Å². The molecule has 0 amide bonds. The molecule has 2 heteroatoms. The van der Waals surface area contributed by atoms with E-state index in [1.807, 2.05) is 0 Å². The van der Waals surface area contributed by atoms with Gasteiger partial charge in [-0.25, -0.2) is 0 Å². The monoisotopic (exact) mass is 792 g/mol. The zero-order valence-electron chi connectivity index (χ0n) is 34.4. The minimum absolute atomic E-state index is 1.02. The van der Waals surface area contributed by atoms with Crippen molar-refractivity contribution >= 4 is 60.8 Å². The second-order valence-electron chi connectivity index (χ2n) is 16.0. The van der Waals surface area contributed by atoms with Crippen molar-refractivity contribution in [1.82, 2.24) is 0 Å². The Morgan fingerprint density at radius 3 is 1.21 bits per heavy atom. The van der Waals surface area contributed by atoms with Crippen molar-refractivity contribution in [3.63, 3.8) is 0 Å². The summed E-state index contributed by atoms with van der Waals surface area (Å²) in [4.78, 5) is 4.72. The number of hydrogen-bond acceptors (Lipinski definition) is 2. The topological polar surface area (TPSA) is 6.48 Å². The maximum absolute atomic E-state index is 2.40. The highest BCUT2D eigenvalue weighted by atomic mass is 15.1. The molecule has 62 heavy (non-hydrogen) atoms. The van der Waals surface area contributed by atoms with Crippen molar-refractivity contribution in [2.24, 2.45) is 0 Å². The fourth-order valence-electron chi connectivity index (χ4n) is 9.19. The lowest BCUT2D eigenvalue weighted by Crippen LogP contribution is -2.16. The molecule has 1 aliphatic carbocycles. The van der Waals surface area contributed by atoms with Crippen LogP contribution >= 0.6 is 0 Å². The summed E-state index contributed by atoms with van der Waals surface area (Å²) >= 11 is 0. The highest BCUT2D eigenvalue weighted by Crippen LogP contribution is 2.41. The third kappa shape index (κ3) is 7.02. The fraction of sp³-hybridized carbons (Fsp3) is 0.0333. The summed E-state index contributed by atoms with van der Waals surface area (Å²) in [5.74, 6) is 0. The molecule has 0 unspecified atom stereocenters. The van der Waals surface area contributed by atoms with Crippen LogP contribution < -0.4 is 9.80 Å². The van der Waals surface area contributed by atoms with Crippen LogP contribution in [0.1, 0.15) is 12.8 Å². The average molecular weight is 793 g/mol. The molecule has 0 radical (unpaired) electrons. The first kappa shape index (κ1) is 37.1. The predicted molar refractivity (Wildman–Crippen MR) is 265 cm³/mol. The lowest BCUT2D eigenvalue weighted by atomic mass is 9.92. The van der Waals surface area contributed by atoms with Crippen LogP contribution in [0.5, 0.6) is 0 Å². The van der Waals surface area contributed by atoms with E-state index in [4.69, 9.17) is 0 Å². The zero-order chi connectivity index (χ0) is 41.2. The van der Waals surface area contributed by atoms with E-state index < -0.39 is 0 Å². The summed E-state index contributed by atoms with van der Waals surface area (Å²) in [6.45, 7) is 0. The number of allylic oxidation sites excluding steroid dienone is 3. The largest absolute Gasteiger partial charge is 0.311 e. The van der Waals surface area contributed by atoms with Crippen LogP contribution in [0.3, 0.4) is 0 Å². The van der Waals surface area contributed by atoms with Crippen LogP contribution in [-0.4, -0.2) is 0 Å². The summed E-state index contributed by atoms with van der Waals surface area (Å²) < 4.78 is 0. The van der Waals surface area contributed by atoms with Crippen molar-refractivity contribution in [3.05, 3.63) is 248 Å². The van der Waals surface area contributed by atoms with Gasteiger partial charge in [0, 0.05) is 34.1 Å². The molecule has 0 aliphatic heterocycles. The second-order valence-corrected chi connectivity index (χ2v) is 16.0. The molecule has 0 heterocycles. The SMILES string of the molecule is C1=CC(N(c2ccc(-c3ccc(N(c4ccccc4)c4ccc(-c5ccccc5)cc4)cc3)cc2)c2cccc(-c3ccc4c5ccccc5c5ccccc5c4c3)c2)=CCC1. The maximum atomic E-state index is 2.40. The second kappa shape index (κ2) is 16.3. The van der Waals surface area contributed by atoms with Gasteiger partial charge in [0.05, 0.1) is 0 Å². The quantitative estimate of drug-likeness (QED) is 0.134. The highest BCUT2D eigenvalue weighted by molar-refractivity contribution is 6.25. The number of fused-ring (bicyclic) bond motifs is 6. The first-order valence-corrected chi connectivity index (χ1v) is 21.6. The minimum atomic E-state index is 1.02. The van der Waals surface area contributed by atoms with Gasteiger partial charge in [0.15, 0.2) is 0 Å². The molecule has 0 N–H and O–H groups in total. The summed E-state index contributed by atoms with van der Waals surface area (Å²) in [5.41, 5.74) is 14.0. The Bertz CT molecular complexity index is 3220. The van der Waals surface area contributed by atoms with Gasteiger partial charge in [0.2, 0.25) is 0 Å². The van der Waals surface area contributed by atoms with Gasteiger partial charge in [-0.3, -0.25) is 0 Å². The van der Waals surface area contributed by atoms with Crippen LogP contribution in [-0.2, 0) is 0 Å². The average Bonchev–Trinajstić information content (AvgIpc) is 3.36. The zero-order valence-corrected chi connectivity index (χ0v) is 34.4. The summed E-state index contributed by atoms with van der Waals surface area (Å²) in [7, 11) is 0. The summed E-state index contributed by atoms with van der Waals surface area (Å²) in [6.07, 6.45) is 9.00. The standard InChI is InChI=1S/C60H44N2/c1-4-15-43(16-5-1)44-27-34-51(35-28-44)61(49-18-6-2-7-19-49)52-36-29-45(30-37-52)46-31-38-53(39-32-46)62(50-20-8-3-9-21-50)54-22-14-17-47(41-54)48-33-40-59-57-25-11-10-23-55(57)56-24-12-13-26-58(56)60(59)42-48/h1-2,4-8,10-42H,3,9H2. The van der Waals surface area contributed by atoms with Gasteiger partial charge in [-0.15, -0.1) is 0 Å². The van der Waals surface area contributed by atoms with Crippen molar-refractivity contribution < 1.29 is 0 Å². The summed E-state index contributed by atoms with van der Waals surface area (Å²) in [6, 6.07) is 81.5. The number of para-hydroxylation sites is 1. The molecular weight excluding hydrogens is 749 g/mol. The van der Waals surface area contributed by atoms with E-state index in [1.54, 1.807) is 0 Å². The van der Waals surface area contributed by atoms with Crippen LogP contribution in [0.15, 0.2) is 248 Å². The van der Waals surface area contributed by atoms with Gasteiger partial charge in [0.1, 0.15) is 0 Å². The van der Waals surface area contributed by atoms with Crippen LogP contribution in [0.2, 0.25) is 0 Å². The third-order valence-electron chi connectivity index (χ3n) is 12.2. The molecular formula is C60H44N2. The number of benzene rings is 10. The van der Waals surface area contributed by atoms with E-state index in [1.165, 1.54) is 71.4 Å². The molecule has 0 fully saturated rings. The Morgan fingerprint density at radius 2 is 0.661 bits per heavy atom. The fourth-order valence-corrected chi connectivity index (χ4v) is 9.19. The van der Waals surface area contributed by atoms with Crippen molar-refractivity contribution in [2.75, 3.05) is 9.80 Å². The Balaban J connectivity index is 0.911. The predicted octanol–water partition coefficient (Wildman–Crippen LogP) is 17.0. The Hall–Kier alpha value is -7.94. The van der Waals surface area contributed by atoms with E-state index >= 15 is 0 Å². The first-order valence-electron chi connectivity index (χ1n) is 21.6. The van der Waals surface area contributed by atoms with Crippen molar-refractivity contribution in [1.29, 1.82) is 0 Å². The molecule has 0 saturated heterocycles. The molecule has 0 spiro atoms. The minimum Gasteiger partial charge on any atom is -0.311 e. The highest BCUT2D eigenvalue weighted by Gasteiger charge is 2.18. The van der Waals surface area contributed by atoms with E-state index in [-0.39, 0.29) is 0 Å². The smallest absolute Gasteiger partial charge is 0.0467 e. The number of rotatable bonds is 9. The lowest BCUT2D eigenvalue weighted by molar-refractivity contribution is 0.997. The van der Waals surface area contributed by atoms with Gasteiger partial charge >= 0.3 is 0 Å². The van der Waals surface area contributed by atoms with Crippen LogP contribution in [0.4, 0.5) is 28.4 Å². The Morgan fingerprint density at radius 1 is 0.258 bits per heavy atom. The van der Waals surface area contributed by atoms with Gasteiger partial charge in [-0.2, -0.15) is 0 Å². The maximum Gasteiger partial charge on any atom is 0.0467 e. The van der Waals surface area contributed by atoms with Gasteiger partial charge in [0.25, 0.3) is 0 Å². The van der Waals surface area contributed by atoms with Crippen molar-refractivity contribution in [2.45, 2.75) is 12.8 Å². The molecule has 0 aromatic heterocycles. The molecule has 10 aromatic carbocycles. The molecule has 0 bridgehead atoms. The molecule has 294 valence electrons. The normalized spacial score (nSPS) is 12.4. The summed E-state index contributed by atoms with van der Waals surface area (Å²) in [5, 5.41) is 7.75. The third-order valence-corrected chi connectivity index (χ3v) is 12.2. The van der Waals surface area contributed by atoms with E-state index in [9.17, 15) is 0 Å². The number of hydrogen-bond donors (Lipinski definition) is 0. The van der Waals surface area contributed by atoms with Gasteiger partial charge in [-0.05, 0) is 151 Å². The first-order chi connectivity index (χ1) is 30.7. The van der Waals surface area contributed by atoms with E-state index in [2.05, 4.69) is 252 Å². The molecule has 11 rings (SSSR count). The van der Waals surface area contributed by atoms with E-state index in [0.717, 1.165) is 41.3 Å². The Kier molecular flexibility index (Phi) is 9.72. The number of anilines is 5. The molecule has 0 saturated carbocycles. The van der Waals surface area contributed by atoms with Gasteiger partial charge in [-0.1, -0.05) is 170 Å². The Labute approximate surface area is 363 Å². The van der Waals surface area contributed by atoms with Crippen LogP contribution in [0.25, 0.3) is 65.7 Å². The number of nitrogens with zero attached hydrogens (tertiary/aromatic N) is 2.